The van der Waals surface area contributed by atoms with Crippen molar-refractivity contribution in [3.05, 3.63) is 17.5 Å². The topological polar surface area (TPSA) is 99.0 Å². The first-order chi connectivity index (χ1) is 14.9. The molecule has 6 heterocycles. The fraction of sp³-hybridized carbons (Fsp3) is 0.810. The Hall–Kier alpha value is -1.49. The van der Waals surface area contributed by atoms with Gasteiger partial charge in [-0.1, -0.05) is 5.16 Å². The predicted octanol–water partition coefficient (Wildman–Crippen LogP) is 1.30. The Labute approximate surface area is 183 Å². The minimum atomic E-state index is -3.48. The summed E-state index contributed by atoms with van der Waals surface area (Å²) in [6, 6.07) is 2.07. The molecule has 1 aliphatic carbocycles. The lowest BCUT2D eigenvalue weighted by Gasteiger charge is -2.51. The van der Waals surface area contributed by atoms with E-state index in [2.05, 4.69) is 22.4 Å². The van der Waals surface area contributed by atoms with E-state index in [4.69, 9.17) is 4.52 Å². The number of carbonyl (C=O) groups excluding carboxylic acids is 1. The smallest absolute Gasteiger partial charge is 0.282 e. The number of carbonyl (C=O) groups is 1. The van der Waals surface area contributed by atoms with Crippen LogP contribution in [-0.2, 0) is 10.2 Å². The highest BCUT2D eigenvalue weighted by atomic mass is 32.2. The minimum absolute atomic E-state index is 0.0264. The number of likely N-dealkylation sites (N-methyl/N-ethyl adjacent to an activating group) is 1. The molecule has 10 heteroatoms. The Kier molecular flexibility index (Phi) is 4.72. The fourth-order valence-corrected chi connectivity index (χ4v) is 8.54. The van der Waals surface area contributed by atoms with Gasteiger partial charge in [0.05, 0.1) is 0 Å². The Balaban J connectivity index is 1.13. The second kappa shape index (κ2) is 7.26. The van der Waals surface area contributed by atoms with E-state index in [1.165, 1.54) is 0 Å². The van der Waals surface area contributed by atoms with Crippen molar-refractivity contribution in [2.24, 2.45) is 0 Å². The number of fused-ring (bicyclic) bond motifs is 5. The molecule has 5 saturated heterocycles. The van der Waals surface area contributed by atoms with Crippen molar-refractivity contribution in [2.45, 2.75) is 87.5 Å². The number of hydrogen-bond acceptors (Lipinski definition) is 6. The number of amides is 1. The highest BCUT2D eigenvalue weighted by molar-refractivity contribution is 7.86. The number of aromatic nitrogens is 1. The molecule has 170 valence electrons. The standard InChI is InChI=1S/C21H31N5O4S/c1-24-11-18-7-6-17(24)12-25(18)31(28,29)26-15-4-5-16(26)9-14(8-15)22-21(27)19-10-20(30-23-19)13-2-3-13/h10,13-18H,2-9,11-12H2,1H3,(H,22,27)/t14?,15-,16+,17?,18?. The molecule has 6 aliphatic rings. The van der Waals surface area contributed by atoms with E-state index in [9.17, 15) is 13.2 Å². The third kappa shape index (κ3) is 3.42. The number of rotatable bonds is 5. The first kappa shape index (κ1) is 20.1. The fourth-order valence-electron chi connectivity index (χ4n) is 6.25. The maximum absolute atomic E-state index is 13.6. The van der Waals surface area contributed by atoms with Gasteiger partial charge >= 0.3 is 0 Å². The van der Waals surface area contributed by atoms with Gasteiger partial charge in [0.1, 0.15) is 5.76 Å². The highest BCUT2D eigenvalue weighted by Crippen LogP contribution is 2.42. The molecule has 0 aromatic carbocycles. The molecule has 0 radical (unpaired) electrons. The number of nitrogens with one attached hydrogen (secondary N) is 1. The molecule has 9 nitrogen and oxygen atoms in total. The summed E-state index contributed by atoms with van der Waals surface area (Å²) in [5, 5.41) is 7.03. The van der Waals surface area contributed by atoms with Crippen molar-refractivity contribution in [3.63, 3.8) is 0 Å². The van der Waals surface area contributed by atoms with Crippen molar-refractivity contribution < 1.29 is 17.7 Å². The van der Waals surface area contributed by atoms with E-state index >= 15 is 0 Å². The lowest BCUT2D eigenvalue weighted by Crippen LogP contribution is -2.66. The van der Waals surface area contributed by atoms with E-state index < -0.39 is 10.2 Å². The molecule has 31 heavy (non-hydrogen) atoms. The number of piperazine rings is 1. The maximum Gasteiger partial charge on any atom is 0.282 e. The highest BCUT2D eigenvalue weighted by Gasteiger charge is 2.52. The van der Waals surface area contributed by atoms with Crippen LogP contribution in [0, 0.1) is 0 Å². The van der Waals surface area contributed by atoms with E-state index in [0.717, 1.165) is 50.8 Å². The molecule has 7 rings (SSSR count). The summed E-state index contributed by atoms with van der Waals surface area (Å²) in [4.78, 5) is 15.0. The molecule has 3 unspecified atom stereocenters. The second-order valence-electron chi connectivity index (χ2n) is 10.1. The van der Waals surface area contributed by atoms with Crippen molar-refractivity contribution in [2.75, 3.05) is 20.1 Å². The largest absolute Gasteiger partial charge is 0.360 e. The van der Waals surface area contributed by atoms with Gasteiger partial charge in [-0.05, 0) is 58.4 Å². The average molecular weight is 450 g/mol. The quantitative estimate of drug-likeness (QED) is 0.728. The van der Waals surface area contributed by atoms with Crippen LogP contribution in [0.3, 0.4) is 0 Å². The van der Waals surface area contributed by atoms with Crippen LogP contribution in [0.25, 0.3) is 0 Å². The zero-order valence-electron chi connectivity index (χ0n) is 17.9. The lowest BCUT2D eigenvalue weighted by molar-refractivity contribution is 0.0359. The molecule has 1 saturated carbocycles. The van der Waals surface area contributed by atoms with E-state index in [-0.39, 0.29) is 30.1 Å². The Morgan fingerprint density at radius 1 is 1.03 bits per heavy atom. The summed E-state index contributed by atoms with van der Waals surface area (Å²) in [7, 11) is -1.38. The zero-order chi connectivity index (χ0) is 21.3. The molecule has 5 atom stereocenters. The number of nitrogens with zero attached hydrogens (tertiary/aromatic N) is 4. The molecule has 4 bridgehead atoms. The van der Waals surface area contributed by atoms with Crippen LogP contribution >= 0.6 is 0 Å². The monoisotopic (exact) mass is 449 g/mol. The molecular formula is C21H31N5O4S. The predicted molar refractivity (Wildman–Crippen MR) is 113 cm³/mol. The molecule has 1 aromatic heterocycles. The van der Waals surface area contributed by atoms with Gasteiger partial charge in [0.2, 0.25) is 0 Å². The third-order valence-corrected chi connectivity index (χ3v) is 10.2. The van der Waals surface area contributed by atoms with Gasteiger partial charge in [-0.25, -0.2) is 0 Å². The van der Waals surface area contributed by atoms with Crippen molar-refractivity contribution in [1.29, 1.82) is 0 Å². The Morgan fingerprint density at radius 2 is 1.71 bits per heavy atom. The SMILES string of the molecule is CN1CC2CCC1CN2S(=O)(=O)N1[C@@H]2CC[C@H]1CC(NC(=O)c1cc(C3CC3)on1)C2. The van der Waals surface area contributed by atoms with Crippen LogP contribution in [0.5, 0.6) is 0 Å². The number of hydrogen-bond donors (Lipinski definition) is 1. The summed E-state index contributed by atoms with van der Waals surface area (Å²) in [6.07, 6.45) is 7.30. The van der Waals surface area contributed by atoms with Crippen LogP contribution in [0.15, 0.2) is 10.6 Å². The van der Waals surface area contributed by atoms with Crippen LogP contribution in [-0.4, -0.2) is 83.3 Å². The van der Waals surface area contributed by atoms with Crippen molar-refractivity contribution in [1.82, 2.24) is 24.0 Å². The van der Waals surface area contributed by atoms with E-state index in [1.807, 2.05) is 0 Å². The maximum atomic E-state index is 13.6. The van der Waals surface area contributed by atoms with E-state index in [0.29, 0.717) is 37.0 Å². The molecule has 5 aliphatic heterocycles. The van der Waals surface area contributed by atoms with Gasteiger partial charge < -0.3 is 14.7 Å². The zero-order valence-corrected chi connectivity index (χ0v) is 18.8. The Bertz CT molecular complexity index is 962. The Morgan fingerprint density at radius 3 is 2.32 bits per heavy atom. The van der Waals surface area contributed by atoms with Gasteiger partial charge in [-0.15, -0.1) is 0 Å². The molecule has 6 fully saturated rings. The summed E-state index contributed by atoms with van der Waals surface area (Å²) in [6.45, 7) is 1.43. The van der Waals surface area contributed by atoms with Gasteiger partial charge in [-0.2, -0.15) is 17.0 Å². The first-order valence-electron chi connectivity index (χ1n) is 11.7. The van der Waals surface area contributed by atoms with Crippen LogP contribution < -0.4 is 5.32 Å². The summed E-state index contributed by atoms with van der Waals surface area (Å²) >= 11 is 0. The molecule has 1 aromatic rings. The van der Waals surface area contributed by atoms with Crippen LogP contribution in [0.4, 0.5) is 0 Å². The number of piperidine rings is 3. The van der Waals surface area contributed by atoms with Crippen molar-refractivity contribution in [3.8, 4) is 0 Å². The van der Waals surface area contributed by atoms with E-state index in [1.54, 1.807) is 14.7 Å². The molecule has 1 amide bonds. The normalized spacial score (nSPS) is 36.7. The summed E-state index contributed by atoms with van der Waals surface area (Å²) in [5.41, 5.74) is 0.331. The first-order valence-corrected chi connectivity index (χ1v) is 13.1. The van der Waals surface area contributed by atoms with Gasteiger partial charge in [-0.3, -0.25) is 4.79 Å². The molecule has 0 spiro atoms. The summed E-state index contributed by atoms with van der Waals surface area (Å²) in [5.74, 6) is 1.00. The third-order valence-electron chi connectivity index (χ3n) is 8.06. The van der Waals surface area contributed by atoms with Crippen LogP contribution in [0.1, 0.15) is 73.5 Å². The second-order valence-corrected chi connectivity index (χ2v) is 11.9. The minimum Gasteiger partial charge on any atom is -0.360 e. The lowest BCUT2D eigenvalue weighted by atomic mass is 9.94. The molecular weight excluding hydrogens is 418 g/mol. The summed E-state index contributed by atoms with van der Waals surface area (Å²) < 4.78 is 36.2. The van der Waals surface area contributed by atoms with Crippen LogP contribution in [0.2, 0.25) is 0 Å². The van der Waals surface area contributed by atoms with Gasteiger partial charge in [0, 0.05) is 55.3 Å². The van der Waals surface area contributed by atoms with Gasteiger partial charge in [0.15, 0.2) is 5.69 Å². The molecule has 1 N–H and O–H groups in total. The van der Waals surface area contributed by atoms with Gasteiger partial charge in [0.25, 0.3) is 16.1 Å². The average Bonchev–Trinajstić information content (AvgIpc) is 3.40. The van der Waals surface area contributed by atoms with Crippen molar-refractivity contribution >= 4 is 16.1 Å².